The summed E-state index contributed by atoms with van der Waals surface area (Å²) in [6.07, 6.45) is 2.54. The van der Waals surface area contributed by atoms with Crippen molar-refractivity contribution in [2.45, 2.75) is 44.0 Å². The predicted molar refractivity (Wildman–Crippen MR) is 85.9 cm³/mol. The van der Waals surface area contributed by atoms with E-state index in [4.69, 9.17) is 9.47 Å². The van der Waals surface area contributed by atoms with E-state index < -0.39 is 0 Å². The van der Waals surface area contributed by atoms with Gasteiger partial charge in [-0.2, -0.15) is 0 Å². The molecule has 0 amide bonds. The summed E-state index contributed by atoms with van der Waals surface area (Å²) in [5.74, 6) is 0.843. The zero-order valence-corrected chi connectivity index (χ0v) is 14.3. The second-order valence-electron chi connectivity index (χ2n) is 7.60. The van der Waals surface area contributed by atoms with Gasteiger partial charge in [0, 0.05) is 39.2 Å². The molecule has 0 aromatic rings. The van der Waals surface area contributed by atoms with Gasteiger partial charge < -0.3 is 24.4 Å². The van der Waals surface area contributed by atoms with Crippen LogP contribution in [0.3, 0.4) is 0 Å². The van der Waals surface area contributed by atoms with Crippen LogP contribution in [0.15, 0.2) is 0 Å². The number of hydrogen-bond donors (Lipinski definition) is 1. The van der Waals surface area contributed by atoms with E-state index in [9.17, 15) is 5.11 Å². The molecule has 1 spiro atoms. The zero-order chi connectivity index (χ0) is 15.7. The lowest BCUT2D eigenvalue weighted by Crippen LogP contribution is -2.51. The Morgan fingerprint density at radius 2 is 2.00 bits per heavy atom. The molecule has 0 radical (unpaired) electrons. The van der Waals surface area contributed by atoms with Gasteiger partial charge in [-0.3, -0.25) is 0 Å². The highest BCUT2D eigenvalue weighted by Gasteiger charge is 2.59. The number of epoxide rings is 1. The standard InChI is InChI=1S/C17H32N2O3/c1-13(5-7-19-10-8-18(2)9-11-19)15-16(21-3)14(20)4-6-17(15)12-22-17/h13-16,20H,4-12H2,1-3H3/t13-,14-,15+,16-,17+/m1/s1. The third-order valence-electron chi connectivity index (χ3n) is 6.10. The first-order valence-corrected chi connectivity index (χ1v) is 8.81. The molecule has 0 aromatic carbocycles. The van der Waals surface area contributed by atoms with E-state index in [-0.39, 0.29) is 17.8 Å². The van der Waals surface area contributed by atoms with Gasteiger partial charge in [0.25, 0.3) is 0 Å². The minimum atomic E-state index is -0.337. The van der Waals surface area contributed by atoms with Crippen LogP contribution in [-0.4, -0.2) is 86.2 Å². The van der Waals surface area contributed by atoms with Crippen molar-refractivity contribution >= 4 is 0 Å². The normalized spacial score (nSPS) is 41.7. The first kappa shape index (κ1) is 16.7. The van der Waals surface area contributed by atoms with E-state index >= 15 is 0 Å². The Labute approximate surface area is 134 Å². The van der Waals surface area contributed by atoms with Crippen LogP contribution >= 0.6 is 0 Å². The molecule has 0 aromatic heterocycles. The number of ether oxygens (including phenoxy) is 2. The molecule has 0 bridgehead atoms. The van der Waals surface area contributed by atoms with E-state index in [0.717, 1.165) is 32.4 Å². The third-order valence-corrected chi connectivity index (χ3v) is 6.10. The molecular weight excluding hydrogens is 280 g/mol. The van der Waals surface area contributed by atoms with Crippen LogP contribution in [0.5, 0.6) is 0 Å². The number of rotatable bonds is 5. The number of likely N-dealkylation sites (N-methyl/N-ethyl adjacent to an activating group) is 1. The molecule has 5 heteroatoms. The van der Waals surface area contributed by atoms with Gasteiger partial charge >= 0.3 is 0 Å². The van der Waals surface area contributed by atoms with E-state index in [1.54, 1.807) is 7.11 Å². The Kier molecular flexibility index (Phi) is 5.10. The minimum absolute atomic E-state index is 0.00143. The van der Waals surface area contributed by atoms with Gasteiger partial charge in [0.05, 0.1) is 24.4 Å². The van der Waals surface area contributed by atoms with E-state index in [1.807, 2.05) is 0 Å². The zero-order valence-electron chi connectivity index (χ0n) is 14.3. The average molecular weight is 312 g/mol. The van der Waals surface area contributed by atoms with Crippen molar-refractivity contribution in [1.82, 2.24) is 9.80 Å². The molecule has 1 N–H and O–H groups in total. The fraction of sp³-hybridized carbons (Fsp3) is 1.00. The monoisotopic (exact) mass is 312 g/mol. The van der Waals surface area contributed by atoms with Crippen molar-refractivity contribution in [3.05, 3.63) is 0 Å². The second-order valence-corrected chi connectivity index (χ2v) is 7.60. The molecule has 2 heterocycles. The maximum atomic E-state index is 10.3. The quantitative estimate of drug-likeness (QED) is 0.762. The lowest BCUT2D eigenvalue weighted by molar-refractivity contribution is -0.112. The van der Waals surface area contributed by atoms with Crippen LogP contribution in [-0.2, 0) is 9.47 Å². The Balaban J connectivity index is 1.56. The lowest BCUT2D eigenvalue weighted by Gasteiger charge is -2.42. The molecule has 22 heavy (non-hydrogen) atoms. The summed E-state index contributed by atoms with van der Waals surface area (Å²) in [4.78, 5) is 4.96. The van der Waals surface area contributed by atoms with E-state index in [1.165, 1.54) is 26.2 Å². The number of methoxy groups -OCH3 is 1. The topological polar surface area (TPSA) is 48.5 Å². The van der Waals surface area contributed by atoms with Gasteiger partial charge in [-0.1, -0.05) is 6.92 Å². The van der Waals surface area contributed by atoms with Gasteiger partial charge in [-0.05, 0) is 38.8 Å². The maximum Gasteiger partial charge on any atom is 0.0973 e. The molecule has 2 saturated heterocycles. The van der Waals surface area contributed by atoms with Crippen LogP contribution < -0.4 is 0 Å². The molecule has 5 atom stereocenters. The first-order valence-electron chi connectivity index (χ1n) is 8.81. The molecular formula is C17H32N2O3. The summed E-state index contributed by atoms with van der Waals surface area (Å²) in [6, 6.07) is 0. The largest absolute Gasteiger partial charge is 0.390 e. The summed E-state index contributed by atoms with van der Waals surface area (Å²) in [7, 11) is 3.93. The first-order chi connectivity index (χ1) is 10.6. The molecule has 2 aliphatic heterocycles. The second kappa shape index (κ2) is 6.73. The fourth-order valence-electron chi connectivity index (χ4n) is 4.47. The van der Waals surface area contributed by atoms with E-state index in [2.05, 4.69) is 23.8 Å². The highest BCUT2D eigenvalue weighted by atomic mass is 16.6. The predicted octanol–water partition coefficient (Wildman–Crippen LogP) is 0.815. The van der Waals surface area contributed by atoms with Crippen molar-refractivity contribution in [3.63, 3.8) is 0 Å². The number of piperazine rings is 1. The average Bonchev–Trinajstić information content (AvgIpc) is 3.29. The SMILES string of the molecule is CO[C@H]1[C@H]([C@H](C)CCN2CCN(C)CC2)[C@]2(CC[C@H]1O)CO2. The Bertz CT molecular complexity index is 367. The fourth-order valence-corrected chi connectivity index (χ4v) is 4.47. The molecule has 0 unspecified atom stereocenters. The van der Waals surface area contributed by atoms with Gasteiger partial charge in [-0.25, -0.2) is 0 Å². The molecule has 1 saturated carbocycles. The number of aliphatic hydroxyl groups excluding tert-OH is 1. The Morgan fingerprint density at radius 3 is 2.59 bits per heavy atom. The van der Waals surface area contributed by atoms with Gasteiger partial charge in [0.15, 0.2) is 0 Å². The number of nitrogens with zero attached hydrogens (tertiary/aromatic N) is 2. The van der Waals surface area contributed by atoms with Crippen LogP contribution in [0.2, 0.25) is 0 Å². The van der Waals surface area contributed by atoms with Crippen LogP contribution in [0.1, 0.15) is 26.2 Å². The van der Waals surface area contributed by atoms with Gasteiger partial charge in [-0.15, -0.1) is 0 Å². The summed E-state index contributed by atoms with van der Waals surface area (Å²) in [5, 5.41) is 10.3. The summed E-state index contributed by atoms with van der Waals surface area (Å²) < 4.78 is 11.5. The highest BCUT2D eigenvalue weighted by molar-refractivity contribution is 5.08. The van der Waals surface area contributed by atoms with Gasteiger partial charge in [0.2, 0.25) is 0 Å². The van der Waals surface area contributed by atoms with Crippen molar-refractivity contribution in [1.29, 1.82) is 0 Å². The van der Waals surface area contributed by atoms with Crippen molar-refractivity contribution < 1.29 is 14.6 Å². The number of aliphatic hydroxyl groups is 1. The number of hydrogen-bond acceptors (Lipinski definition) is 5. The Morgan fingerprint density at radius 1 is 1.32 bits per heavy atom. The van der Waals surface area contributed by atoms with Crippen LogP contribution in [0.4, 0.5) is 0 Å². The minimum Gasteiger partial charge on any atom is -0.390 e. The maximum absolute atomic E-state index is 10.3. The molecule has 3 aliphatic rings. The molecule has 128 valence electrons. The lowest BCUT2D eigenvalue weighted by atomic mass is 9.69. The Hall–Kier alpha value is -0.200. The summed E-state index contributed by atoms with van der Waals surface area (Å²) in [6.45, 7) is 9.00. The summed E-state index contributed by atoms with van der Waals surface area (Å²) in [5.41, 5.74) is 0.00143. The highest BCUT2D eigenvalue weighted by Crippen LogP contribution is 2.50. The van der Waals surface area contributed by atoms with Gasteiger partial charge in [0.1, 0.15) is 0 Å². The van der Waals surface area contributed by atoms with Crippen LogP contribution in [0, 0.1) is 11.8 Å². The third kappa shape index (κ3) is 3.34. The van der Waals surface area contributed by atoms with Crippen LogP contribution in [0.25, 0.3) is 0 Å². The molecule has 3 fully saturated rings. The van der Waals surface area contributed by atoms with E-state index in [0.29, 0.717) is 11.8 Å². The van der Waals surface area contributed by atoms with Crippen molar-refractivity contribution in [2.75, 3.05) is 53.5 Å². The van der Waals surface area contributed by atoms with Crippen molar-refractivity contribution in [2.24, 2.45) is 11.8 Å². The summed E-state index contributed by atoms with van der Waals surface area (Å²) >= 11 is 0. The van der Waals surface area contributed by atoms with Crippen molar-refractivity contribution in [3.8, 4) is 0 Å². The molecule has 5 nitrogen and oxygen atoms in total. The molecule has 1 aliphatic carbocycles. The molecule has 3 rings (SSSR count). The smallest absolute Gasteiger partial charge is 0.0973 e.